The third kappa shape index (κ3) is 4.85. The number of aliphatic imine (C=N–C) groups is 1. The van der Waals surface area contributed by atoms with Crippen molar-refractivity contribution in [1.82, 2.24) is 20.0 Å². The van der Waals surface area contributed by atoms with E-state index < -0.39 is 0 Å². The maximum atomic E-state index is 12.3. The number of nitrogens with zero attached hydrogens (tertiary/aromatic N) is 4. The molecule has 0 aromatic heterocycles. The number of aliphatic hydroxyl groups excluding tert-OH is 1. The van der Waals surface area contributed by atoms with Crippen molar-refractivity contribution in [1.29, 1.82) is 0 Å². The van der Waals surface area contributed by atoms with E-state index in [0.29, 0.717) is 18.4 Å². The maximum absolute atomic E-state index is 12.3. The summed E-state index contributed by atoms with van der Waals surface area (Å²) >= 11 is 0. The second-order valence-corrected chi connectivity index (χ2v) is 7.42. The Labute approximate surface area is 151 Å². The van der Waals surface area contributed by atoms with Crippen LogP contribution in [0.1, 0.15) is 32.6 Å². The molecular formula is C18H33N5O2. The number of β-amino-alcohol motifs (C(OH)–C–C–N with tert-alkyl or cyclic N) is 1. The molecule has 142 valence electrons. The Balaban J connectivity index is 1.40. The number of carbonyl (C=O) groups is 1. The van der Waals surface area contributed by atoms with Crippen LogP contribution in [0.5, 0.6) is 0 Å². The summed E-state index contributed by atoms with van der Waals surface area (Å²) in [5.41, 5.74) is 0. The summed E-state index contributed by atoms with van der Waals surface area (Å²) in [5, 5.41) is 13.0. The minimum Gasteiger partial charge on any atom is -0.391 e. The van der Waals surface area contributed by atoms with E-state index >= 15 is 0 Å². The van der Waals surface area contributed by atoms with Crippen LogP contribution in [0.3, 0.4) is 0 Å². The van der Waals surface area contributed by atoms with Crippen molar-refractivity contribution in [3.8, 4) is 0 Å². The molecule has 0 bridgehead atoms. The van der Waals surface area contributed by atoms with Gasteiger partial charge in [-0.15, -0.1) is 0 Å². The topological polar surface area (TPSA) is 71.4 Å². The van der Waals surface area contributed by atoms with Gasteiger partial charge in [0.2, 0.25) is 5.91 Å². The minimum absolute atomic E-state index is 0.231. The second kappa shape index (κ2) is 8.85. The first-order valence-corrected chi connectivity index (χ1v) is 9.90. The molecule has 1 aliphatic carbocycles. The van der Waals surface area contributed by atoms with Crippen molar-refractivity contribution in [2.24, 2.45) is 10.9 Å². The summed E-state index contributed by atoms with van der Waals surface area (Å²) in [6.07, 6.45) is 3.99. The lowest BCUT2D eigenvalue weighted by atomic mass is 9.84. The van der Waals surface area contributed by atoms with E-state index in [2.05, 4.69) is 26.9 Å². The van der Waals surface area contributed by atoms with Crippen molar-refractivity contribution >= 4 is 11.9 Å². The Bertz CT molecular complexity index is 472. The molecule has 0 aromatic rings. The van der Waals surface area contributed by atoms with Crippen LogP contribution in [0.15, 0.2) is 4.99 Å². The van der Waals surface area contributed by atoms with Gasteiger partial charge in [0.15, 0.2) is 5.96 Å². The summed E-state index contributed by atoms with van der Waals surface area (Å²) in [6.45, 7) is 9.76. The summed E-state index contributed by atoms with van der Waals surface area (Å²) in [7, 11) is 0. The summed E-state index contributed by atoms with van der Waals surface area (Å²) in [5.74, 6) is 1.61. The fraction of sp³-hybridized carbons (Fsp3) is 0.889. The number of hydrogen-bond donors (Lipinski definition) is 2. The SMILES string of the molecule is CCNC(=NCCN1CCN(C(=O)C2CCC2)CC1)N1CC[C@@H](O)C1. The first-order chi connectivity index (χ1) is 12.2. The van der Waals surface area contributed by atoms with E-state index in [-0.39, 0.29) is 6.10 Å². The lowest BCUT2D eigenvalue weighted by Crippen LogP contribution is -2.51. The Kier molecular flexibility index (Phi) is 6.53. The lowest BCUT2D eigenvalue weighted by Gasteiger charge is -2.38. The van der Waals surface area contributed by atoms with Gasteiger partial charge in [-0.1, -0.05) is 6.42 Å². The fourth-order valence-electron chi connectivity index (χ4n) is 3.76. The largest absolute Gasteiger partial charge is 0.391 e. The van der Waals surface area contributed by atoms with Gasteiger partial charge in [-0.2, -0.15) is 0 Å². The van der Waals surface area contributed by atoms with Crippen LogP contribution in [-0.2, 0) is 4.79 Å². The van der Waals surface area contributed by atoms with Gasteiger partial charge in [-0.3, -0.25) is 14.7 Å². The number of aliphatic hydroxyl groups is 1. The molecule has 1 atom stereocenters. The number of likely N-dealkylation sites (tertiary alicyclic amines) is 1. The van der Waals surface area contributed by atoms with Crippen molar-refractivity contribution in [2.75, 3.05) is 58.9 Å². The van der Waals surface area contributed by atoms with Gasteiger partial charge in [-0.25, -0.2) is 0 Å². The Morgan fingerprint density at radius 1 is 1.12 bits per heavy atom. The number of nitrogens with one attached hydrogen (secondary N) is 1. The number of hydrogen-bond acceptors (Lipinski definition) is 4. The molecule has 3 rings (SSSR count). The molecule has 2 saturated heterocycles. The van der Waals surface area contributed by atoms with Gasteiger partial charge in [0.05, 0.1) is 12.6 Å². The fourth-order valence-corrected chi connectivity index (χ4v) is 3.76. The smallest absolute Gasteiger partial charge is 0.225 e. The van der Waals surface area contributed by atoms with Crippen LogP contribution in [-0.4, -0.2) is 96.7 Å². The molecule has 25 heavy (non-hydrogen) atoms. The first kappa shape index (κ1) is 18.5. The Morgan fingerprint density at radius 3 is 2.44 bits per heavy atom. The molecule has 0 unspecified atom stereocenters. The summed E-state index contributed by atoms with van der Waals surface area (Å²) in [6, 6.07) is 0. The molecule has 3 fully saturated rings. The second-order valence-electron chi connectivity index (χ2n) is 7.42. The molecule has 1 saturated carbocycles. The quantitative estimate of drug-likeness (QED) is 0.537. The average molecular weight is 351 g/mol. The van der Waals surface area contributed by atoms with Crippen LogP contribution >= 0.6 is 0 Å². The van der Waals surface area contributed by atoms with E-state index in [1.165, 1.54) is 6.42 Å². The van der Waals surface area contributed by atoms with Crippen molar-refractivity contribution in [2.45, 2.75) is 38.7 Å². The highest BCUT2D eigenvalue weighted by Crippen LogP contribution is 2.28. The molecule has 1 amide bonds. The third-order valence-electron chi connectivity index (χ3n) is 5.61. The number of amides is 1. The summed E-state index contributed by atoms with van der Waals surface area (Å²) < 4.78 is 0. The van der Waals surface area contributed by atoms with Crippen LogP contribution in [0.25, 0.3) is 0 Å². The highest BCUT2D eigenvalue weighted by molar-refractivity contribution is 5.80. The molecule has 3 aliphatic rings. The normalized spacial score (nSPS) is 26.0. The zero-order chi connectivity index (χ0) is 17.6. The lowest BCUT2D eigenvalue weighted by molar-refractivity contribution is -0.139. The molecule has 0 radical (unpaired) electrons. The van der Waals surface area contributed by atoms with Gasteiger partial charge in [-0.05, 0) is 26.2 Å². The Hall–Kier alpha value is -1.34. The molecule has 7 nitrogen and oxygen atoms in total. The molecule has 0 aromatic carbocycles. The standard InChI is InChI=1S/C18H33N5O2/c1-2-19-18(23-8-6-16(24)14-23)20-7-9-21-10-12-22(13-11-21)17(25)15-4-3-5-15/h15-16,24H,2-14H2,1H3,(H,19,20)/t16-/m1/s1. The molecule has 0 spiro atoms. The van der Waals surface area contributed by atoms with E-state index in [0.717, 1.165) is 77.6 Å². The molecule has 7 heteroatoms. The highest BCUT2D eigenvalue weighted by atomic mass is 16.3. The van der Waals surface area contributed by atoms with E-state index in [4.69, 9.17) is 4.99 Å². The van der Waals surface area contributed by atoms with E-state index in [1.807, 2.05) is 0 Å². The molecule has 2 aliphatic heterocycles. The van der Waals surface area contributed by atoms with Crippen LogP contribution < -0.4 is 5.32 Å². The van der Waals surface area contributed by atoms with Crippen LogP contribution in [0.4, 0.5) is 0 Å². The number of guanidine groups is 1. The summed E-state index contributed by atoms with van der Waals surface area (Å²) in [4.78, 5) is 23.6. The van der Waals surface area contributed by atoms with Gasteiger partial charge < -0.3 is 20.2 Å². The molecule has 2 N–H and O–H groups in total. The minimum atomic E-state index is -0.231. The zero-order valence-corrected chi connectivity index (χ0v) is 15.5. The first-order valence-electron chi connectivity index (χ1n) is 9.90. The number of carbonyl (C=O) groups excluding carboxylic acids is 1. The number of rotatable bonds is 5. The monoisotopic (exact) mass is 351 g/mol. The predicted octanol–water partition coefficient (Wildman–Crippen LogP) is -0.0372. The third-order valence-corrected chi connectivity index (χ3v) is 5.61. The Morgan fingerprint density at radius 2 is 1.88 bits per heavy atom. The van der Waals surface area contributed by atoms with Crippen molar-refractivity contribution in [3.63, 3.8) is 0 Å². The van der Waals surface area contributed by atoms with Gasteiger partial charge >= 0.3 is 0 Å². The highest BCUT2D eigenvalue weighted by Gasteiger charge is 2.31. The van der Waals surface area contributed by atoms with Gasteiger partial charge in [0, 0.05) is 58.3 Å². The predicted molar refractivity (Wildman–Crippen MR) is 98.5 cm³/mol. The van der Waals surface area contributed by atoms with E-state index in [9.17, 15) is 9.90 Å². The van der Waals surface area contributed by atoms with Crippen molar-refractivity contribution < 1.29 is 9.90 Å². The maximum Gasteiger partial charge on any atom is 0.225 e. The molecular weight excluding hydrogens is 318 g/mol. The average Bonchev–Trinajstić information content (AvgIpc) is 2.99. The van der Waals surface area contributed by atoms with E-state index in [1.54, 1.807) is 0 Å². The van der Waals surface area contributed by atoms with Crippen molar-refractivity contribution in [3.05, 3.63) is 0 Å². The van der Waals surface area contributed by atoms with Crippen LogP contribution in [0, 0.1) is 5.92 Å². The zero-order valence-electron chi connectivity index (χ0n) is 15.5. The van der Waals surface area contributed by atoms with Crippen LogP contribution in [0.2, 0.25) is 0 Å². The molecule has 2 heterocycles. The number of piperazine rings is 1. The van der Waals surface area contributed by atoms with Gasteiger partial charge in [0.25, 0.3) is 0 Å². The van der Waals surface area contributed by atoms with Gasteiger partial charge in [0.1, 0.15) is 0 Å².